The second-order valence-electron chi connectivity index (χ2n) is 5.71. The minimum absolute atomic E-state index is 0.0156. The highest BCUT2D eigenvalue weighted by Gasteiger charge is 2.18. The fourth-order valence-corrected chi connectivity index (χ4v) is 3.38. The zero-order chi connectivity index (χ0) is 16.5. The molecule has 0 saturated heterocycles. The molecule has 2 nitrogen and oxygen atoms in total. The summed E-state index contributed by atoms with van der Waals surface area (Å²) >= 11 is 1.67. The highest BCUT2D eigenvalue weighted by molar-refractivity contribution is 8.00. The Morgan fingerprint density at radius 1 is 1.04 bits per heavy atom. The van der Waals surface area contributed by atoms with Gasteiger partial charge in [-0.25, -0.2) is 0 Å². The fourth-order valence-electron chi connectivity index (χ4n) is 2.17. The van der Waals surface area contributed by atoms with Crippen LogP contribution in [0.3, 0.4) is 0 Å². The first-order valence-corrected chi connectivity index (χ1v) is 8.69. The van der Waals surface area contributed by atoms with E-state index < -0.39 is 6.10 Å². The second-order valence-corrected chi connectivity index (χ2v) is 6.96. The molecular weight excluding hydrogens is 304 g/mol. The van der Waals surface area contributed by atoms with Crippen LogP contribution in [-0.4, -0.2) is 23.1 Å². The summed E-state index contributed by atoms with van der Waals surface area (Å²) in [7, 11) is 0. The van der Waals surface area contributed by atoms with Crippen molar-refractivity contribution in [1.29, 1.82) is 0 Å². The summed E-state index contributed by atoms with van der Waals surface area (Å²) < 4.78 is 5.69. The molecule has 0 heterocycles. The van der Waals surface area contributed by atoms with Gasteiger partial charge in [0.1, 0.15) is 0 Å². The maximum atomic E-state index is 10.5. The first-order valence-electron chi connectivity index (χ1n) is 7.81. The smallest absolute Gasteiger partial charge is 0.0930 e. The highest BCUT2D eigenvalue weighted by Crippen LogP contribution is 2.27. The molecule has 2 rings (SSSR count). The number of rotatable bonds is 8. The molecule has 0 bridgehead atoms. The van der Waals surface area contributed by atoms with Crippen LogP contribution in [0.25, 0.3) is 0 Å². The van der Waals surface area contributed by atoms with Crippen LogP contribution >= 0.6 is 11.8 Å². The average molecular weight is 328 g/mol. The van der Waals surface area contributed by atoms with Crippen LogP contribution in [0.4, 0.5) is 0 Å². The molecule has 0 aliphatic carbocycles. The van der Waals surface area contributed by atoms with Gasteiger partial charge in [-0.15, -0.1) is 11.8 Å². The number of aliphatic hydroxyl groups is 1. The van der Waals surface area contributed by atoms with E-state index in [4.69, 9.17) is 4.74 Å². The van der Waals surface area contributed by atoms with E-state index >= 15 is 0 Å². The lowest BCUT2D eigenvalue weighted by Crippen LogP contribution is -2.27. The summed E-state index contributed by atoms with van der Waals surface area (Å²) in [6.07, 6.45) is 1.56. The summed E-state index contributed by atoms with van der Waals surface area (Å²) in [5.41, 5.74) is 2.31. The number of benzene rings is 2. The van der Waals surface area contributed by atoms with E-state index in [1.165, 1.54) is 5.57 Å². The third-order valence-corrected chi connectivity index (χ3v) is 4.56. The number of allylic oxidation sites excluding steroid dienone is 1. The zero-order valence-electron chi connectivity index (χ0n) is 13.7. The number of ether oxygens (including phenoxy) is 1. The van der Waals surface area contributed by atoms with Gasteiger partial charge in [0, 0.05) is 4.90 Å². The molecule has 0 aliphatic rings. The predicted molar refractivity (Wildman–Crippen MR) is 97.6 cm³/mol. The molecule has 0 radical (unpaired) electrons. The van der Waals surface area contributed by atoms with Crippen molar-refractivity contribution in [3.63, 3.8) is 0 Å². The SMILES string of the molecule is CC(C)=CC(Sc1ccccc1)[C@H](O)COCc1ccccc1. The highest BCUT2D eigenvalue weighted by atomic mass is 32.2. The van der Waals surface area contributed by atoms with Crippen molar-refractivity contribution in [3.05, 3.63) is 77.9 Å². The molecule has 3 heteroatoms. The molecule has 122 valence electrons. The molecule has 0 aliphatic heterocycles. The molecule has 0 spiro atoms. The summed E-state index contributed by atoms with van der Waals surface area (Å²) in [5, 5.41) is 10.5. The molecule has 0 amide bonds. The Hall–Kier alpha value is -1.55. The van der Waals surface area contributed by atoms with Crippen LogP contribution in [-0.2, 0) is 11.3 Å². The summed E-state index contributed by atoms with van der Waals surface area (Å²) in [6, 6.07) is 20.2. The van der Waals surface area contributed by atoms with Gasteiger partial charge in [0.2, 0.25) is 0 Å². The Morgan fingerprint density at radius 3 is 2.26 bits per heavy atom. The average Bonchev–Trinajstić information content (AvgIpc) is 2.56. The molecule has 2 atom stereocenters. The van der Waals surface area contributed by atoms with Gasteiger partial charge in [-0.05, 0) is 31.5 Å². The Balaban J connectivity index is 1.91. The largest absolute Gasteiger partial charge is 0.389 e. The summed E-state index contributed by atoms with van der Waals surface area (Å²) in [5.74, 6) is 0. The first kappa shape index (κ1) is 17.8. The van der Waals surface area contributed by atoms with Crippen molar-refractivity contribution >= 4 is 11.8 Å². The number of aliphatic hydroxyl groups excluding tert-OH is 1. The van der Waals surface area contributed by atoms with Crippen LogP contribution in [0.5, 0.6) is 0 Å². The van der Waals surface area contributed by atoms with Gasteiger partial charge < -0.3 is 9.84 Å². The third kappa shape index (κ3) is 6.61. The number of hydrogen-bond acceptors (Lipinski definition) is 3. The normalized spacial score (nSPS) is 13.3. The molecule has 2 aromatic rings. The van der Waals surface area contributed by atoms with Gasteiger partial charge in [0.25, 0.3) is 0 Å². The van der Waals surface area contributed by atoms with Crippen LogP contribution in [0.15, 0.2) is 77.2 Å². The maximum Gasteiger partial charge on any atom is 0.0930 e. The molecule has 2 aromatic carbocycles. The summed E-state index contributed by atoms with van der Waals surface area (Å²) in [6.45, 7) is 4.95. The van der Waals surface area contributed by atoms with Crippen LogP contribution < -0.4 is 0 Å². The minimum atomic E-state index is -0.543. The fraction of sp³-hybridized carbons (Fsp3) is 0.300. The molecule has 0 saturated carbocycles. The molecule has 0 fully saturated rings. The van der Waals surface area contributed by atoms with Gasteiger partial charge in [-0.1, -0.05) is 60.2 Å². The van der Waals surface area contributed by atoms with Crippen molar-refractivity contribution in [3.8, 4) is 0 Å². The minimum Gasteiger partial charge on any atom is -0.389 e. The lowest BCUT2D eigenvalue weighted by Gasteiger charge is -2.20. The van der Waals surface area contributed by atoms with Crippen LogP contribution in [0.1, 0.15) is 19.4 Å². The van der Waals surface area contributed by atoms with E-state index in [0.29, 0.717) is 13.2 Å². The zero-order valence-corrected chi connectivity index (χ0v) is 14.5. The Labute approximate surface area is 143 Å². The monoisotopic (exact) mass is 328 g/mol. The third-order valence-electron chi connectivity index (χ3n) is 3.29. The Kier molecular flexibility index (Phi) is 7.40. The van der Waals surface area contributed by atoms with E-state index in [1.807, 2.05) is 48.5 Å². The van der Waals surface area contributed by atoms with E-state index in [9.17, 15) is 5.11 Å². The van der Waals surface area contributed by atoms with Gasteiger partial charge in [-0.2, -0.15) is 0 Å². The second kappa shape index (κ2) is 9.56. The lowest BCUT2D eigenvalue weighted by atomic mass is 10.2. The van der Waals surface area contributed by atoms with Gasteiger partial charge in [0.15, 0.2) is 0 Å². The van der Waals surface area contributed by atoms with E-state index in [1.54, 1.807) is 11.8 Å². The molecule has 0 aromatic heterocycles. The molecule has 23 heavy (non-hydrogen) atoms. The van der Waals surface area contributed by atoms with Crippen molar-refractivity contribution in [2.45, 2.75) is 36.7 Å². The first-order chi connectivity index (χ1) is 11.1. The number of hydrogen-bond donors (Lipinski definition) is 1. The number of thioether (sulfide) groups is 1. The van der Waals surface area contributed by atoms with E-state index in [2.05, 4.69) is 32.1 Å². The van der Waals surface area contributed by atoms with Gasteiger partial charge in [0.05, 0.1) is 24.6 Å². The maximum absolute atomic E-state index is 10.5. The summed E-state index contributed by atoms with van der Waals surface area (Å²) in [4.78, 5) is 1.15. The molecular formula is C20H24O2S. The van der Waals surface area contributed by atoms with E-state index in [0.717, 1.165) is 10.5 Å². The van der Waals surface area contributed by atoms with Crippen LogP contribution in [0.2, 0.25) is 0 Å². The van der Waals surface area contributed by atoms with Crippen molar-refractivity contribution in [2.75, 3.05) is 6.61 Å². The predicted octanol–water partition coefficient (Wildman–Crippen LogP) is 4.69. The van der Waals surface area contributed by atoms with Crippen molar-refractivity contribution in [2.24, 2.45) is 0 Å². The van der Waals surface area contributed by atoms with Gasteiger partial charge >= 0.3 is 0 Å². The van der Waals surface area contributed by atoms with E-state index in [-0.39, 0.29) is 5.25 Å². The Bertz CT molecular complexity index is 592. The molecule has 1 N–H and O–H groups in total. The quantitative estimate of drug-likeness (QED) is 0.563. The van der Waals surface area contributed by atoms with Crippen molar-refractivity contribution < 1.29 is 9.84 Å². The standard InChI is InChI=1S/C20H24O2S/c1-16(2)13-20(23-18-11-7-4-8-12-18)19(21)15-22-14-17-9-5-3-6-10-17/h3-13,19-21H,14-15H2,1-2H3/t19-,20?/m1/s1. The van der Waals surface area contributed by atoms with Gasteiger partial charge in [-0.3, -0.25) is 0 Å². The molecule has 1 unspecified atom stereocenters. The Morgan fingerprint density at radius 2 is 1.65 bits per heavy atom. The van der Waals surface area contributed by atoms with Crippen molar-refractivity contribution in [1.82, 2.24) is 0 Å². The van der Waals surface area contributed by atoms with Crippen LogP contribution in [0, 0.1) is 0 Å². The lowest BCUT2D eigenvalue weighted by molar-refractivity contribution is 0.0324. The topological polar surface area (TPSA) is 29.5 Å².